The summed E-state index contributed by atoms with van der Waals surface area (Å²) in [5, 5.41) is 0. The lowest BCUT2D eigenvalue weighted by molar-refractivity contribution is -0.0957. The van der Waals surface area contributed by atoms with Gasteiger partial charge in [-0.3, -0.25) is 0 Å². The maximum absolute atomic E-state index is 10.3. The first kappa shape index (κ1) is 38.3. The minimum absolute atomic E-state index is 0.375. The van der Waals surface area contributed by atoms with E-state index in [4.69, 9.17) is 30.7 Å². The van der Waals surface area contributed by atoms with E-state index in [0.717, 1.165) is 12.8 Å². The Kier molecular flexibility index (Phi) is 21.7. The van der Waals surface area contributed by atoms with Gasteiger partial charge in [0, 0.05) is 40.1 Å². The van der Waals surface area contributed by atoms with Crippen molar-refractivity contribution < 1.29 is 40.3 Å². The molecule has 0 amide bonds. The summed E-state index contributed by atoms with van der Waals surface area (Å²) < 4.78 is 40.4. The van der Waals surface area contributed by atoms with Gasteiger partial charge in [0.1, 0.15) is 0 Å². The summed E-state index contributed by atoms with van der Waals surface area (Å²) in [6, 6.07) is 0.676. The highest BCUT2D eigenvalue weighted by molar-refractivity contribution is 6.79. The van der Waals surface area contributed by atoms with E-state index in [9.17, 15) is 9.59 Å². The second-order valence-corrected chi connectivity index (χ2v) is 18.7. The third-order valence-electron chi connectivity index (χ3n) is 5.24. The number of rotatable bonds is 21. The molecule has 0 aliphatic carbocycles. The summed E-state index contributed by atoms with van der Waals surface area (Å²) in [4.78, 5) is 27.3. The van der Waals surface area contributed by atoms with Gasteiger partial charge in [-0.15, -0.1) is 0 Å². The third-order valence-corrected chi connectivity index (χ3v) is 13.8. The van der Waals surface area contributed by atoms with E-state index in [0.29, 0.717) is 51.8 Å². The molecule has 0 saturated heterocycles. The lowest BCUT2D eigenvalue weighted by Gasteiger charge is -2.38. The Morgan fingerprint density at radius 2 is 1.22 bits per heavy atom. The standard InChI is InChI=1S/C14H29NO5Si.C9H21NO4Si2/c1-6-14(7-2,11-12-15-13-16)20-21(17-8-3,18-9-4)19-10-5;1-12-16(13-2,14-15(3,4)5)8-6-7-10-9-11/h6-12H2,1-5H3;6-8H2,1-5H3. The molecular weight excluding hydrogens is 533 g/mol. The number of hydrogen-bond donors (Lipinski definition) is 0. The van der Waals surface area contributed by atoms with Gasteiger partial charge in [0.15, 0.2) is 8.32 Å². The molecule has 218 valence electrons. The van der Waals surface area contributed by atoms with Crippen LogP contribution < -0.4 is 0 Å². The molecule has 0 unspecified atom stereocenters. The van der Waals surface area contributed by atoms with Crippen molar-refractivity contribution in [3.05, 3.63) is 0 Å². The predicted octanol–water partition coefficient (Wildman–Crippen LogP) is 4.63. The molecule has 0 N–H and O–H groups in total. The largest absolute Gasteiger partial charge is 0.680 e. The van der Waals surface area contributed by atoms with Crippen LogP contribution in [-0.2, 0) is 40.3 Å². The van der Waals surface area contributed by atoms with E-state index >= 15 is 0 Å². The van der Waals surface area contributed by atoms with E-state index in [1.165, 1.54) is 6.08 Å². The monoisotopic (exact) mass is 582 g/mol. The van der Waals surface area contributed by atoms with Crippen LogP contribution in [0.25, 0.3) is 0 Å². The lowest BCUT2D eigenvalue weighted by atomic mass is 9.94. The van der Waals surface area contributed by atoms with E-state index in [2.05, 4.69) is 29.6 Å². The van der Waals surface area contributed by atoms with E-state index < -0.39 is 31.8 Å². The molecule has 0 spiro atoms. The fraction of sp³-hybridized carbons (Fsp3) is 0.913. The molecule has 0 radical (unpaired) electrons. The molecule has 0 aliphatic rings. The molecule has 37 heavy (non-hydrogen) atoms. The Hall–Kier alpha value is -0.869. The van der Waals surface area contributed by atoms with E-state index in [-0.39, 0.29) is 0 Å². The second kappa shape index (κ2) is 21.0. The van der Waals surface area contributed by atoms with Crippen molar-refractivity contribution in [3.63, 3.8) is 0 Å². The Labute approximate surface area is 227 Å². The molecular formula is C23H50N2O9Si3. The van der Waals surface area contributed by atoms with Gasteiger partial charge in [-0.2, -0.15) is 0 Å². The molecule has 0 aliphatic heterocycles. The van der Waals surface area contributed by atoms with Crippen LogP contribution in [0.5, 0.6) is 0 Å². The molecule has 14 heteroatoms. The fourth-order valence-corrected chi connectivity index (χ4v) is 11.8. The van der Waals surface area contributed by atoms with Crippen LogP contribution in [0.15, 0.2) is 9.98 Å². The van der Waals surface area contributed by atoms with Crippen molar-refractivity contribution in [1.29, 1.82) is 0 Å². The Morgan fingerprint density at radius 3 is 1.57 bits per heavy atom. The summed E-state index contributed by atoms with van der Waals surface area (Å²) in [5.41, 5.74) is -0.466. The first-order chi connectivity index (χ1) is 17.5. The number of carbonyl (C=O) groups excluding carboxylic acids is 2. The molecule has 0 heterocycles. The average molecular weight is 583 g/mol. The number of nitrogens with zero attached hydrogens (tertiary/aromatic N) is 2. The molecule has 0 rings (SSSR count). The normalized spacial score (nSPS) is 12.3. The zero-order valence-electron chi connectivity index (χ0n) is 24.6. The smallest absolute Gasteiger partial charge is 0.416 e. The average Bonchev–Trinajstić information content (AvgIpc) is 2.85. The van der Waals surface area contributed by atoms with Crippen LogP contribution in [0.1, 0.15) is 60.3 Å². The maximum atomic E-state index is 10.3. The molecule has 0 saturated carbocycles. The molecule has 0 aromatic carbocycles. The van der Waals surface area contributed by atoms with Crippen LogP contribution in [0.2, 0.25) is 25.7 Å². The summed E-state index contributed by atoms with van der Waals surface area (Å²) in [6.45, 7) is 18.2. The Balaban J connectivity index is 0. The quantitative estimate of drug-likeness (QED) is 0.0824. The first-order valence-electron chi connectivity index (χ1n) is 13.0. The van der Waals surface area contributed by atoms with Crippen LogP contribution >= 0.6 is 0 Å². The van der Waals surface area contributed by atoms with Crippen molar-refractivity contribution in [3.8, 4) is 0 Å². The van der Waals surface area contributed by atoms with Crippen LogP contribution in [-0.4, -0.2) is 91.1 Å². The predicted molar refractivity (Wildman–Crippen MR) is 149 cm³/mol. The molecule has 0 atom stereocenters. The summed E-state index contributed by atoms with van der Waals surface area (Å²) >= 11 is 0. The van der Waals surface area contributed by atoms with Gasteiger partial charge in [0.2, 0.25) is 12.2 Å². The second-order valence-electron chi connectivity index (χ2n) is 8.90. The van der Waals surface area contributed by atoms with Gasteiger partial charge in [0.05, 0.1) is 18.7 Å². The highest BCUT2D eigenvalue weighted by atomic mass is 28.5. The van der Waals surface area contributed by atoms with Crippen molar-refractivity contribution in [1.82, 2.24) is 0 Å². The molecule has 0 aromatic heterocycles. The minimum Gasteiger partial charge on any atom is -0.416 e. The highest BCUT2D eigenvalue weighted by Gasteiger charge is 2.50. The summed E-state index contributed by atoms with van der Waals surface area (Å²) in [6.07, 6.45) is 5.93. The van der Waals surface area contributed by atoms with Gasteiger partial charge in [-0.25, -0.2) is 19.6 Å². The zero-order valence-corrected chi connectivity index (χ0v) is 27.6. The fourth-order valence-electron chi connectivity index (χ4n) is 3.42. The molecule has 0 aromatic rings. The molecule has 11 nitrogen and oxygen atoms in total. The highest BCUT2D eigenvalue weighted by Crippen LogP contribution is 2.30. The van der Waals surface area contributed by atoms with Crippen molar-refractivity contribution in [2.45, 2.75) is 91.6 Å². The number of aliphatic imine (C=N–C) groups is 2. The van der Waals surface area contributed by atoms with Crippen LogP contribution in [0, 0.1) is 0 Å². The van der Waals surface area contributed by atoms with Crippen LogP contribution in [0.3, 0.4) is 0 Å². The maximum Gasteiger partial charge on any atom is 0.680 e. The van der Waals surface area contributed by atoms with Crippen molar-refractivity contribution in [2.75, 3.05) is 47.1 Å². The van der Waals surface area contributed by atoms with Gasteiger partial charge in [0.25, 0.3) is 0 Å². The van der Waals surface area contributed by atoms with E-state index in [1.54, 1.807) is 20.3 Å². The number of hydrogen-bond acceptors (Lipinski definition) is 11. The summed E-state index contributed by atoms with van der Waals surface area (Å²) in [5.74, 6) is 0. The Morgan fingerprint density at radius 1 is 0.757 bits per heavy atom. The minimum atomic E-state index is -3.17. The third kappa shape index (κ3) is 16.6. The number of isocyanates is 2. The van der Waals surface area contributed by atoms with Gasteiger partial charge >= 0.3 is 17.9 Å². The van der Waals surface area contributed by atoms with Crippen molar-refractivity contribution >= 4 is 38.3 Å². The Bertz CT molecular complexity index is 658. The lowest BCUT2D eigenvalue weighted by Crippen LogP contribution is -2.55. The van der Waals surface area contributed by atoms with Gasteiger partial charge in [-0.05, 0) is 66.1 Å². The van der Waals surface area contributed by atoms with Gasteiger partial charge in [-0.1, -0.05) is 13.8 Å². The topological polar surface area (TPSA) is 123 Å². The first-order valence-corrected chi connectivity index (χ1v) is 19.9. The SMILES string of the molecule is CCO[Si](OCC)(OCC)OC(CC)(CC)CCN=C=O.CO[Si](CCCN=C=O)(OC)O[Si](C)(C)C. The molecule has 0 bridgehead atoms. The molecule has 0 fully saturated rings. The van der Waals surface area contributed by atoms with Gasteiger partial charge < -0.3 is 30.7 Å². The summed E-state index contributed by atoms with van der Waals surface area (Å²) in [7, 11) is -4.21. The van der Waals surface area contributed by atoms with Crippen molar-refractivity contribution in [2.24, 2.45) is 9.98 Å². The van der Waals surface area contributed by atoms with E-state index in [1.807, 2.05) is 34.6 Å². The van der Waals surface area contributed by atoms with Crippen LogP contribution in [0.4, 0.5) is 0 Å². The zero-order chi connectivity index (χ0) is 28.8.